The van der Waals surface area contributed by atoms with Crippen LogP contribution in [0, 0.1) is 5.92 Å². The van der Waals surface area contributed by atoms with Gasteiger partial charge in [0, 0.05) is 55.6 Å². The minimum Gasteiger partial charge on any atom is -0.300 e. The topological polar surface area (TPSA) is 6.48 Å². The molecular formula is C11H20FIN2. The summed E-state index contributed by atoms with van der Waals surface area (Å²) in [6, 6.07) is 0. The van der Waals surface area contributed by atoms with E-state index >= 15 is 0 Å². The standard InChI is InChI=1S/C11H20FIN2/c1-2-10-7-14(8-10)9-11(12)3-5-15(13)6-4-11/h10H,2-9H2,1H3. The van der Waals surface area contributed by atoms with E-state index < -0.39 is 5.67 Å². The van der Waals surface area contributed by atoms with E-state index in [0.29, 0.717) is 19.4 Å². The fourth-order valence-corrected chi connectivity index (χ4v) is 2.99. The van der Waals surface area contributed by atoms with Crippen LogP contribution in [0.5, 0.6) is 0 Å². The Hall–Kier alpha value is 0.580. The predicted molar refractivity (Wildman–Crippen MR) is 68.9 cm³/mol. The van der Waals surface area contributed by atoms with Crippen LogP contribution in [0.15, 0.2) is 0 Å². The highest BCUT2D eigenvalue weighted by Gasteiger charge is 2.38. The number of halogens is 2. The van der Waals surface area contributed by atoms with Crippen LogP contribution >= 0.6 is 22.9 Å². The van der Waals surface area contributed by atoms with Gasteiger partial charge in [0.25, 0.3) is 0 Å². The van der Waals surface area contributed by atoms with Crippen molar-refractivity contribution >= 4 is 22.9 Å². The summed E-state index contributed by atoms with van der Waals surface area (Å²) in [5.74, 6) is 0.832. The zero-order chi connectivity index (χ0) is 10.9. The smallest absolute Gasteiger partial charge is 0.126 e. The van der Waals surface area contributed by atoms with Crippen LogP contribution < -0.4 is 0 Å². The number of piperidine rings is 1. The molecular weight excluding hydrogens is 306 g/mol. The molecule has 4 heteroatoms. The second-order valence-electron chi connectivity index (χ2n) is 5.03. The molecule has 0 aromatic carbocycles. The molecule has 0 amide bonds. The highest BCUT2D eigenvalue weighted by Crippen LogP contribution is 2.31. The molecule has 2 aliphatic rings. The first-order valence-corrected chi connectivity index (χ1v) is 6.90. The Morgan fingerprint density at radius 1 is 1.33 bits per heavy atom. The monoisotopic (exact) mass is 326 g/mol. The molecule has 2 heterocycles. The van der Waals surface area contributed by atoms with Gasteiger partial charge in [0.2, 0.25) is 0 Å². The van der Waals surface area contributed by atoms with E-state index in [2.05, 4.69) is 37.8 Å². The molecule has 0 aromatic rings. The predicted octanol–water partition coefficient (Wildman–Crippen LogP) is 2.48. The van der Waals surface area contributed by atoms with Crippen LogP contribution in [-0.2, 0) is 0 Å². The number of nitrogens with zero attached hydrogens (tertiary/aromatic N) is 2. The van der Waals surface area contributed by atoms with Crippen molar-refractivity contribution in [2.75, 3.05) is 32.7 Å². The fraction of sp³-hybridized carbons (Fsp3) is 1.00. The minimum atomic E-state index is -0.902. The van der Waals surface area contributed by atoms with E-state index in [-0.39, 0.29) is 0 Å². The number of hydrogen-bond acceptors (Lipinski definition) is 2. The Balaban J connectivity index is 1.74. The number of rotatable bonds is 3. The van der Waals surface area contributed by atoms with Gasteiger partial charge < -0.3 is 0 Å². The van der Waals surface area contributed by atoms with Gasteiger partial charge in [-0.05, 0) is 18.8 Å². The Labute approximate surface area is 106 Å². The molecule has 2 nitrogen and oxygen atoms in total. The van der Waals surface area contributed by atoms with Crippen molar-refractivity contribution in [3.63, 3.8) is 0 Å². The van der Waals surface area contributed by atoms with Crippen LogP contribution in [0.25, 0.3) is 0 Å². The van der Waals surface area contributed by atoms with Crippen molar-refractivity contribution in [3.8, 4) is 0 Å². The van der Waals surface area contributed by atoms with Crippen molar-refractivity contribution < 1.29 is 4.39 Å². The normalized spacial score (nSPS) is 29.0. The lowest BCUT2D eigenvalue weighted by Gasteiger charge is -2.44. The van der Waals surface area contributed by atoms with Crippen molar-refractivity contribution in [1.82, 2.24) is 8.01 Å². The molecule has 0 unspecified atom stereocenters. The number of hydrogen-bond donors (Lipinski definition) is 0. The summed E-state index contributed by atoms with van der Waals surface area (Å²) in [4.78, 5) is 2.29. The van der Waals surface area contributed by atoms with Gasteiger partial charge in [-0.25, -0.2) is 7.50 Å². The Kier molecular flexibility index (Phi) is 3.88. The van der Waals surface area contributed by atoms with Crippen LogP contribution in [0.4, 0.5) is 4.39 Å². The molecule has 0 aromatic heterocycles. The molecule has 0 spiro atoms. The maximum atomic E-state index is 14.4. The van der Waals surface area contributed by atoms with Gasteiger partial charge in [0.15, 0.2) is 0 Å². The van der Waals surface area contributed by atoms with E-state index in [0.717, 1.165) is 32.1 Å². The molecule has 2 saturated heterocycles. The quantitative estimate of drug-likeness (QED) is 0.581. The zero-order valence-electron chi connectivity index (χ0n) is 9.38. The van der Waals surface area contributed by atoms with Gasteiger partial charge in [-0.2, -0.15) is 0 Å². The fourth-order valence-electron chi connectivity index (χ4n) is 2.50. The lowest BCUT2D eigenvalue weighted by atomic mass is 9.90. The minimum absolute atomic E-state index is 0.675. The molecule has 0 saturated carbocycles. The summed E-state index contributed by atoms with van der Waals surface area (Å²) in [6.45, 7) is 6.95. The van der Waals surface area contributed by atoms with Crippen LogP contribution in [0.3, 0.4) is 0 Å². The molecule has 2 rings (SSSR count). The third-order valence-corrected chi connectivity index (χ3v) is 4.69. The summed E-state index contributed by atoms with van der Waals surface area (Å²) >= 11 is 2.29. The van der Waals surface area contributed by atoms with E-state index in [1.807, 2.05) is 0 Å². The first kappa shape index (κ1) is 12.0. The van der Waals surface area contributed by atoms with Crippen LogP contribution in [-0.4, -0.2) is 46.4 Å². The van der Waals surface area contributed by atoms with E-state index in [9.17, 15) is 4.39 Å². The van der Waals surface area contributed by atoms with Crippen molar-refractivity contribution in [1.29, 1.82) is 0 Å². The van der Waals surface area contributed by atoms with E-state index in [1.165, 1.54) is 6.42 Å². The van der Waals surface area contributed by atoms with Gasteiger partial charge >= 0.3 is 0 Å². The molecule has 2 fully saturated rings. The lowest BCUT2D eigenvalue weighted by molar-refractivity contribution is 0.000372. The maximum Gasteiger partial charge on any atom is 0.126 e. The summed E-state index contributed by atoms with van der Waals surface area (Å²) < 4.78 is 16.6. The third-order valence-electron chi connectivity index (χ3n) is 3.72. The second-order valence-corrected chi connectivity index (χ2v) is 6.39. The number of likely N-dealkylation sites (tertiary alicyclic amines) is 1. The molecule has 0 radical (unpaired) electrons. The molecule has 0 N–H and O–H groups in total. The first-order valence-electron chi connectivity index (χ1n) is 5.93. The molecule has 0 aliphatic carbocycles. The summed E-state index contributed by atoms with van der Waals surface area (Å²) in [7, 11) is 0. The van der Waals surface area contributed by atoms with Gasteiger partial charge in [0.1, 0.15) is 5.67 Å². The van der Waals surface area contributed by atoms with Crippen molar-refractivity contribution in [2.24, 2.45) is 5.92 Å². The Morgan fingerprint density at radius 3 is 2.47 bits per heavy atom. The summed E-state index contributed by atoms with van der Waals surface area (Å²) in [5.41, 5.74) is -0.902. The summed E-state index contributed by atoms with van der Waals surface area (Å²) in [5, 5.41) is 0. The first-order chi connectivity index (χ1) is 7.11. The highest BCUT2D eigenvalue weighted by molar-refractivity contribution is 14.1. The molecule has 15 heavy (non-hydrogen) atoms. The average molecular weight is 326 g/mol. The van der Waals surface area contributed by atoms with Crippen LogP contribution in [0.1, 0.15) is 26.2 Å². The summed E-state index contributed by atoms with van der Waals surface area (Å²) in [6.07, 6.45) is 2.67. The van der Waals surface area contributed by atoms with Gasteiger partial charge in [-0.15, -0.1) is 0 Å². The van der Waals surface area contributed by atoms with Gasteiger partial charge in [-0.3, -0.25) is 4.90 Å². The average Bonchev–Trinajstić information content (AvgIpc) is 2.16. The number of alkyl halides is 1. The molecule has 0 bridgehead atoms. The van der Waals surface area contributed by atoms with Gasteiger partial charge in [-0.1, -0.05) is 13.3 Å². The molecule has 2 aliphatic heterocycles. The van der Waals surface area contributed by atoms with E-state index in [1.54, 1.807) is 0 Å². The maximum absolute atomic E-state index is 14.4. The third kappa shape index (κ3) is 3.03. The molecule has 88 valence electrons. The lowest BCUT2D eigenvalue weighted by Crippen LogP contribution is -2.54. The SMILES string of the molecule is CCC1CN(CC2(F)CCN(I)CC2)C1. The molecule has 0 atom stereocenters. The van der Waals surface area contributed by atoms with Crippen molar-refractivity contribution in [3.05, 3.63) is 0 Å². The largest absolute Gasteiger partial charge is 0.300 e. The van der Waals surface area contributed by atoms with Crippen LogP contribution in [0.2, 0.25) is 0 Å². The zero-order valence-corrected chi connectivity index (χ0v) is 11.5. The van der Waals surface area contributed by atoms with Gasteiger partial charge in [0.05, 0.1) is 0 Å². The van der Waals surface area contributed by atoms with E-state index in [4.69, 9.17) is 0 Å². The highest BCUT2D eigenvalue weighted by atomic mass is 127. The Bertz CT molecular complexity index is 211. The van der Waals surface area contributed by atoms with Crippen molar-refractivity contribution in [2.45, 2.75) is 31.9 Å². The Morgan fingerprint density at radius 2 is 1.93 bits per heavy atom. The second kappa shape index (κ2) is 4.84.